The van der Waals surface area contributed by atoms with Crippen LogP contribution in [0, 0.1) is 6.92 Å². The number of amides is 1. The quantitative estimate of drug-likeness (QED) is 0.774. The molecule has 1 amide bonds. The van der Waals surface area contributed by atoms with Crippen LogP contribution in [0.1, 0.15) is 44.8 Å². The molecule has 1 heterocycles. The molecule has 2 aromatic rings. The summed E-state index contributed by atoms with van der Waals surface area (Å²) in [5, 5.41) is 22.9. The zero-order valence-corrected chi connectivity index (χ0v) is 14.4. The molecule has 0 spiro atoms. The van der Waals surface area contributed by atoms with E-state index in [2.05, 4.69) is 10.3 Å². The van der Waals surface area contributed by atoms with Crippen molar-refractivity contribution in [3.63, 3.8) is 0 Å². The summed E-state index contributed by atoms with van der Waals surface area (Å²) in [6.45, 7) is 7.25. The van der Waals surface area contributed by atoms with Crippen LogP contribution in [-0.2, 0) is 4.74 Å². The van der Waals surface area contributed by atoms with E-state index in [1.165, 1.54) is 0 Å². The van der Waals surface area contributed by atoms with E-state index in [9.17, 15) is 15.0 Å². The Hall–Kier alpha value is -2.12. The molecule has 7 heteroatoms. The molecule has 0 aliphatic rings. The van der Waals surface area contributed by atoms with E-state index < -0.39 is 23.9 Å². The predicted octanol–water partition coefficient (Wildman–Crippen LogP) is 2.45. The van der Waals surface area contributed by atoms with E-state index in [1.807, 2.05) is 0 Å². The van der Waals surface area contributed by atoms with Crippen molar-refractivity contribution in [1.82, 2.24) is 10.3 Å². The molecule has 0 radical (unpaired) electrons. The summed E-state index contributed by atoms with van der Waals surface area (Å²) in [6, 6.07) is 5.07. The summed E-state index contributed by atoms with van der Waals surface area (Å²) in [5.74, 6) is 0.541. The van der Waals surface area contributed by atoms with Crippen LogP contribution in [0.3, 0.4) is 0 Å². The number of fused-ring (bicyclic) bond motifs is 1. The minimum atomic E-state index is -1.08. The minimum absolute atomic E-state index is 0.191. The van der Waals surface area contributed by atoms with Gasteiger partial charge in [-0.05, 0) is 44.9 Å². The van der Waals surface area contributed by atoms with Gasteiger partial charge >= 0.3 is 6.09 Å². The molecule has 7 nitrogen and oxygen atoms in total. The van der Waals surface area contributed by atoms with Gasteiger partial charge in [-0.3, -0.25) is 0 Å². The second-order valence-corrected chi connectivity index (χ2v) is 6.69. The number of benzene rings is 1. The number of carbonyl (C=O) groups is 1. The summed E-state index contributed by atoms with van der Waals surface area (Å²) in [5.41, 5.74) is 1.22. The molecule has 0 aliphatic heterocycles. The highest BCUT2D eigenvalue weighted by Gasteiger charge is 2.20. The number of carbonyl (C=O) groups excluding carboxylic acids is 1. The molecule has 0 fully saturated rings. The molecular formula is C17H24N2O5. The SMILES string of the molecule is Cc1nc2cc(C(O)C(O)CCNC(=O)OC(C)(C)C)ccc2o1. The third-order valence-electron chi connectivity index (χ3n) is 3.33. The molecule has 2 unspecified atom stereocenters. The Bertz CT molecular complexity index is 705. The largest absolute Gasteiger partial charge is 0.444 e. The normalized spacial score (nSPS) is 14.4. The van der Waals surface area contributed by atoms with Gasteiger partial charge in [0.15, 0.2) is 11.5 Å². The number of hydrogen-bond donors (Lipinski definition) is 3. The number of aromatic nitrogens is 1. The van der Waals surface area contributed by atoms with E-state index >= 15 is 0 Å². The maximum Gasteiger partial charge on any atom is 0.407 e. The van der Waals surface area contributed by atoms with Gasteiger partial charge in [0.1, 0.15) is 17.2 Å². The van der Waals surface area contributed by atoms with Gasteiger partial charge in [-0.15, -0.1) is 0 Å². The molecule has 2 atom stereocenters. The van der Waals surface area contributed by atoms with Crippen molar-refractivity contribution in [2.24, 2.45) is 0 Å². The summed E-state index contributed by atoms with van der Waals surface area (Å²) in [7, 11) is 0. The topological polar surface area (TPSA) is 105 Å². The second-order valence-electron chi connectivity index (χ2n) is 6.69. The van der Waals surface area contributed by atoms with Crippen molar-refractivity contribution < 1.29 is 24.2 Å². The summed E-state index contributed by atoms with van der Waals surface area (Å²) in [4.78, 5) is 15.7. The average molecular weight is 336 g/mol. The van der Waals surface area contributed by atoms with Gasteiger partial charge in [0.05, 0.1) is 6.10 Å². The lowest BCUT2D eigenvalue weighted by Gasteiger charge is -2.21. The molecule has 0 aliphatic carbocycles. The Morgan fingerprint density at radius 2 is 2.08 bits per heavy atom. The number of rotatable bonds is 5. The number of nitrogens with zero attached hydrogens (tertiary/aromatic N) is 1. The maximum absolute atomic E-state index is 11.5. The summed E-state index contributed by atoms with van der Waals surface area (Å²) < 4.78 is 10.5. The molecule has 0 bridgehead atoms. The zero-order chi connectivity index (χ0) is 17.9. The first kappa shape index (κ1) is 18.2. The third kappa shape index (κ3) is 4.94. The van der Waals surface area contributed by atoms with Gasteiger partial charge in [0.25, 0.3) is 0 Å². The van der Waals surface area contributed by atoms with Crippen molar-refractivity contribution in [1.29, 1.82) is 0 Å². The van der Waals surface area contributed by atoms with Crippen LogP contribution in [0.2, 0.25) is 0 Å². The molecule has 3 N–H and O–H groups in total. The zero-order valence-electron chi connectivity index (χ0n) is 14.4. The van der Waals surface area contributed by atoms with E-state index in [0.717, 1.165) is 0 Å². The molecule has 0 saturated heterocycles. The smallest absolute Gasteiger partial charge is 0.407 e. The standard InChI is InChI=1S/C17H24N2O5/c1-10-19-12-9-11(5-6-14(12)23-10)15(21)13(20)7-8-18-16(22)24-17(2,3)4/h5-6,9,13,15,20-21H,7-8H2,1-4H3,(H,18,22). The highest BCUT2D eigenvalue weighted by atomic mass is 16.6. The van der Waals surface area contributed by atoms with Gasteiger partial charge in [0, 0.05) is 13.5 Å². The molecule has 0 saturated carbocycles. The van der Waals surface area contributed by atoms with Crippen molar-refractivity contribution in [3.8, 4) is 0 Å². The highest BCUT2D eigenvalue weighted by molar-refractivity contribution is 5.73. The van der Waals surface area contributed by atoms with Crippen LogP contribution in [0.25, 0.3) is 11.1 Å². The number of alkyl carbamates (subject to hydrolysis) is 1. The molecule has 2 rings (SSSR count). The van der Waals surface area contributed by atoms with Gasteiger partial charge in [0.2, 0.25) is 0 Å². The van der Waals surface area contributed by atoms with Crippen LogP contribution < -0.4 is 5.32 Å². The Balaban J connectivity index is 1.88. The molecule has 1 aromatic carbocycles. The van der Waals surface area contributed by atoms with Crippen molar-refractivity contribution in [2.75, 3.05) is 6.54 Å². The van der Waals surface area contributed by atoms with E-state index in [-0.39, 0.29) is 13.0 Å². The Labute approximate surface area is 140 Å². The van der Waals surface area contributed by atoms with Gasteiger partial charge in [-0.2, -0.15) is 0 Å². The number of oxazole rings is 1. The summed E-state index contributed by atoms with van der Waals surface area (Å²) in [6.07, 6.45) is -2.46. The second kappa shape index (κ2) is 7.19. The van der Waals surface area contributed by atoms with Crippen LogP contribution in [0.15, 0.2) is 22.6 Å². The van der Waals surface area contributed by atoms with Crippen LogP contribution in [0.5, 0.6) is 0 Å². The van der Waals surface area contributed by atoms with E-state index in [4.69, 9.17) is 9.15 Å². The monoisotopic (exact) mass is 336 g/mol. The number of nitrogens with one attached hydrogen (secondary N) is 1. The molecular weight excluding hydrogens is 312 g/mol. The van der Waals surface area contributed by atoms with Gasteiger partial charge in [-0.1, -0.05) is 6.07 Å². The van der Waals surface area contributed by atoms with Gasteiger partial charge < -0.3 is 24.7 Å². The van der Waals surface area contributed by atoms with E-state index in [0.29, 0.717) is 22.6 Å². The molecule has 132 valence electrons. The van der Waals surface area contributed by atoms with Crippen molar-refractivity contribution >= 4 is 17.2 Å². The fourth-order valence-corrected chi connectivity index (χ4v) is 2.26. The first-order valence-electron chi connectivity index (χ1n) is 7.86. The first-order chi connectivity index (χ1) is 11.2. The predicted molar refractivity (Wildman–Crippen MR) is 88.6 cm³/mol. The Morgan fingerprint density at radius 3 is 2.75 bits per heavy atom. The number of aliphatic hydroxyl groups excluding tert-OH is 2. The Morgan fingerprint density at radius 1 is 1.38 bits per heavy atom. The first-order valence-corrected chi connectivity index (χ1v) is 7.86. The highest BCUT2D eigenvalue weighted by Crippen LogP contribution is 2.24. The lowest BCUT2D eigenvalue weighted by Crippen LogP contribution is -2.34. The fourth-order valence-electron chi connectivity index (χ4n) is 2.26. The molecule has 24 heavy (non-hydrogen) atoms. The lowest BCUT2D eigenvalue weighted by molar-refractivity contribution is 0.0123. The van der Waals surface area contributed by atoms with Gasteiger partial charge in [-0.25, -0.2) is 9.78 Å². The third-order valence-corrected chi connectivity index (χ3v) is 3.33. The minimum Gasteiger partial charge on any atom is -0.444 e. The van der Waals surface area contributed by atoms with E-state index in [1.54, 1.807) is 45.9 Å². The summed E-state index contributed by atoms with van der Waals surface area (Å²) >= 11 is 0. The van der Waals surface area contributed by atoms with Crippen molar-refractivity contribution in [2.45, 2.75) is 51.9 Å². The number of aliphatic hydroxyl groups is 2. The molecule has 1 aromatic heterocycles. The van der Waals surface area contributed by atoms with Crippen LogP contribution >= 0.6 is 0 Å². The van der Waals surface area contributed by atoms with Crippen LogP contribution in [0.4, 0.5) is 4.79 Å². The lowest BCUT2D eigenvalue weighted by atomic mass is 10.0. The number of hydrogen-bond acceptors (Lipinski definition) is 6. The van der Waals surface area contributed by atoms with Crippen molar-refractivity contribution in [3.05, 3.63) is 29.7 Å². The number of aryl methyl sites for hydroxylation is 1. The maximum atomic E-state index is 11.5. The fraction of sp³-hybridized carbons (Fsp3) is 0.529. The average Bonchev–Trinajstić information content (AvgIpc) is 2.83. The Kier molecular flexibility index (Phi) is 5.46. The van der Waals surface area contributed by atoms with Crippen LogP contribution in [-0.4, -0.2) is 39.5 Å². The number of ether oxygens (including phenoxy) is 1.